The zero-order valence-corrected chi connectivity index (χ0v) is 71.5. The van der Waals surface area contributed by atoms with E-state index in [1.807, 2.05) is 6.08 Å². The summed E-state index contributed by atoms with van der Waals surface area (Å²) in [7, 11) is 0. The molecule has 0 aromatic heterocycles. The minimum atomic E-state index is 0.274. The summed E-state index contributed by atoms with van der Waals surface area (Å²) < 4.78 is 55.5. The van der Waals surface area contributed by atoms with Crippen LogP contribution in [0.25, 0.3) is 17.2 Å². The second-order valence-electron chi connectivity index (χ2n) is 32.1. The lowest BCUT2D eigenvalue weighted by atomic mass is 10.0. The zero-order valence-electron chi connectivity index (χ0n) is 71.5. The summed E-state index contributed by atoms with van der Waals surface area (Å²) in [5.74, 6) is 5.79. The molecule has 0 saturated heterocycles. The molecule has 4 rings (SSSR count). The van der Waals surface area contributed by atoms with Crippen LogP contribution in [0.2, 0.25) is 0 Å². The van der Waals surface area contributed by atoms with Gasteiger partial charge in [-0.25, -0.2) is 0 Å². The van der Waals surface area contributed by atoms with Crippen LogP contribution in [0.4, 0.5) is 0 Å². The summed E-state index contributed by atoms with van der Waals surface area (Å²) in [4.78, 5) is 0. The predicted octanol–water partition coefficient (Wildman–Crippen LogP) is 33.0. The zero-order chi connectivity index (χ0) is 76.7. The van der Waals surface area contributed by atoms with Gasteiger partial charge >= 0.3 is 0 Å². The number of unbranched alkanes of at least 4 members (excludes halogenated alkanes) is 54. The smallest absolute Gasteiger partial charge is 0.203 e. The van der Waals surface area contributed by atoms with Gasteiger partial charge in [-0.3, -0.25) is 0 Å². The van der Waals surface area contributed by atoms with Crippen molar-refractivity contribution in [2.24, 2.45) is 0 Å². The Balaban J connectivity index is 1.69. The van der Waals surface area contributed by atoms with Gasteiger partial charge in [-0.1, -0.05) is 431 Å². The average Bonchev–Trinajstić information content (AvgIpc) is 0.820. The van der Waals surface area contributed by atoms with Crippen molar-refractivity contribution in [1.29, 1.82) is 0 Å². The molecule has 616 valence electrons. The molecule has 4 aromatic rings. The molecule has 0 bridgehead atoms. The normalized spacial score (nSPS) is 11.4. The van der Waals surface area contributed by atoms with Crippen LogP contribution >= 0.6 is 0 Å². The van der Waals surface area contributed by atoms with Crippen molar-refractivity contribution in [3.63, 3.8) is 0 Å². The second kappa shape index (κ2) is 69.9. The third-order valence-electron chi connectivity index (χ3n) is 21.9. The Hall–Kier alpha value is -4.98. The third kappa shape index (κ3) is 48.7. The lowest BCUT2D eigenvalue weighted by molar-refractivity contribution is 0.229. The van der Waals surface area contributed by atoms with E-state index in [1.54, 1.807) is 0 Å². The Morgan fingerprint density at radius 1 is 0.204 bits per heavy atom. The Bertz CT molecular complexity index is 2570. The third-order valence-corrected chi connectivity index (χ3v) is 21.9. The van der Waals surface area contributed by atoms with Gasteiger partial charge in [0.25, 0.3) is 0 Å². The highest BCUT2D eigenvalue weighted by Gasteiger charge is 2.21. The summed E-state index contributed by atoms with van der Waals surface area (Å²) in [6.07, 6.45) is 78.5. The van der Waals surface area contributed by atoms with Crippen molar-refractivity contribution < 1.29 is 37.9 Å². The molecule has 0 aliphatic carbocycles. The maximum atomic E-state index is 7.12. The van der Waals surface area contributed by atoms with Crippen LogP contribution in [0.1, 0.15) is 443 Å². The largest absolute Gasteiger partial charge is 0.490 e. The van der Waals surface area contributed by atoms with Crippen LogP contribution < -0.4 is 37.9 Å². The van der Waals surface area contributed by atoms with Crippen LogP contribution in [0.15, 0.2) is 73.3 Å². The van der Waals surface area contributed by atoms with Crippen molar-refractivity contribution in [1.82, 2.24) is 0 Å². The Kier molecular flexibility index (Phi) is 61.8. The van der Waals surface area contributed by atoms with E-state index in [1.165, 1.54) is 308 Å². The van der Waals surface area contributed by atoms with E-state index in [0.29, 0.717) is 51.1 Å². The predicted molar refractivity (Wildman–Crippen MR) is 468 cm³/mol. The molecule has 0 aliphatic rings. The number of benzene rings is 4. The summed E-state index contributed by atoms with van der Waals surface area (Å²) in [6.45, 7) is 22.2. The van der Waals surface area contributed by atoms with Gasteiger partial charge in [-0.05, 0) is 103 Å². The average molecular weight is 1500 g/mol. The fraction of sp³-hybridized carbons (Fsp3) is 0.740. The van der Waals surface area contributed by atoms with Gasteiger partial charge in [-0.2, -0.15) is 0 Å². The van der Waals surface area contributed by atoms with Crippen molar-refractivity contribution in [3.8, 4) is 57.1 Å². The molecule has 0 radical (unpaired) electrons. The maximum Gasteiger partial charge on any atom is 0.203 e. The van der Waals surface area contributed by atoms with Gasteiger partial charge in [0.15, 0.2) is 34.5 Å². The minimum absolute atomic E-state index is 0.274. The molecule has 0 saturated carbocycles. The first-order valence-corrected chi connectivity index (χ1v) is 46.7. The molecule has 0 fully saturated rings. The minimum Gasteiger partial charge on any atom is -0.490 e. The number of hydrogen-bond donors (Lipinski definition) is 0. The molecule has 8 nitrogen and oxygen atoms in total. The quantitative estimate of drug-likeness (QED) is 0.0405. The molecule has 0 unspecified atom stereocenters. The van der Waals surface area contributed by atoms with Gasteiger partial charge in [0.05, 0.1) is 39.6 Å². The van der Waals surface area contributed by atoms with Gasteiger partial charge in [0.1, 0.15) is 13.2 Å². The summed E-state index contributed by atoms with van der Waals surface area (Å²) in [5, 5.41) is 0. The maximum absolute atomic E-state index is 7.12. The topological polar surface area (TPSA) is 73.8 Å². The van der Waals surface area contributed by atoms with Gasteiger partial charge in [-0.15, -0.1) is 0 Å². The van der Waals surface area contributed by atoms with E-state index in [-0.39, 0.29) is 13.2 Å². The molecule has 4 aromatic carbocycles. The van der Waals surface area contributed by atoms with Crippen molar-refractivity contribution in [2.75, 3.05) is 39.6 Å². The second-order valence-corrected chi connectivity index (χ2v) is 32.1. The molecular weight excluding hydrogens is 1330 g/mol. The molecule has 8 heteroatoms. The van der Waals surface area contributed by atoms with Crippen LogP contribution in [-0.4, -0.2) is 39.6 Å². The van der Waals surface area contributed by atoms with E-state index in [4.69, 9.17) is 37.9 Å². The Labute approximate surface area is 667 Å². The van der Waals surface area contributed by atoms with Crippen LogP contribution in [0, 0.1) is 0 Å². The first-order valence-electron chi connectivity index (χ1n) is 46.7. The fourth-order valence-corrected chi connectivity index (χ4v) is 14.8. The van der Waals surface area contributed by atoms with Gasteiger partial charge < -0.3 is 37.9 Å². The van der Waals surface area contributed by atoms with Gasteiger partial charge in [0, 0.05) is 0 Å². The Morgan fingerprint density at radius 3 is 0.657 bits per heavy atom. The summed E-state index contributed by atoms with van der Waals surface area (Å²) in [6, 6.07) is 23.6. The van der Waals surface area contributed by atoms with Crippen molar-refractivity contribution >= 4 is 6.08 Å². The van der Waals surface area contributed by atoms with Crippen molar-refractivity contribution in [3.05, 3.63) is 90.0 Å². The molecule has 0 aliphatic heterocycles. The van der Waals surface area contributed by atoms with Gasteiger partial charge in [0.2, 0.25) is 11.5 Å². The molecule has 0 N–H and O–H groups in total. The van der Waals surface area contributed by atoms with E-state index in [2.05, 4.69) is 115 Å². The standard InChI is InChI=1S/C100H168O8/c1-8-15-21-27-33-39-45-51-57-63-75-101-95-81-89(82-96(102-76-64-58-52-46-40-34-28-22-16-9-2)99(95)105-79-67-61-55-49-43-37-31-25-19-12-5)86-107-93-74-73-92(91-71-69-88(14-7)70-72-91)85-94(93)108-87-90-83-97(103-77-65-59-53-47-41-35-29-23-17-10-3)100(106-80-68-62-56-50-44-38-32-26-20-13-6)98(84-90)104-78-66-60-54-48-42-36-30-24-18-11-4/h14,69-74,81-85H,7-13,15-68,75-80,86-87H2,1-6H3. The summed E-state index contributed by atoms with van der Waals surface area (Å²) in [5.41, 5.74) is 5.14. The van der Waals surface area contributed by atoms with Crippen LogP contribution in [-0.2, 0) is 13.2 Å². The van der Waals surface area contributed by atoms with E-state index in [9.17, 15) is 0 Å². The fourth-order valence-electron chi connectivity index (χ4n) is 14.8. The molecule has 0 heterocycles. The first-order chi connectivity index (χ1) is 53.5. The summed E-state index contributed by atoms with van der Waals surface area (Å²) >= 11 is 0. The molecule has 0 atom stereocenters. The molecule has 0 spiro atoms. The molecule has 108 heavy (non-hydrogen) atoms. The van der Waals surface area contributed by atoms with Crippen LogP contribution in [0.5, 0.6) is 46.0 Å². The number of ether oxygens (including phenoxy) is 8. The SMILES string of the molecule is C=Cc1ccc(-c2ccc(OCc3cc(OCCCCCCCCCCCC)c(OCCCCCCCCCCCC)c(OCCCCCCCCCCCC)c3)c(OCc3cc(OCCCCCCCCCCCC)c(OCCCCCCCCCCCC)c(OCCCCCCCCCCCC)c3)c2)cc1. The van der Waals surface area contributed by atoms with E-state index >= 15 is 0 Å². The molecule has 0 amide bonds. The number of hydrogen-bond acceptors (Lipinski definition) is 8. The number of rotatable bonds is 80. The highest BCUT2D eigenvalue weighted by atomic mass is 16.6. The van der Waals surface area contributed by atoms with E-state index < -0.39 is 0 Å². The van der Waals surface area contributed by atoms with Crippen LogP contribution in [0.3, 0.4) is 0 Å². The van der Waals surface area contributed by atoms with Crippen molar-refractivity contribution in [2.45, 2.75) is 440 Å². The lowest BCUT2D eigenvalue weighted by Gasteiger charge is -2.20. The lowest BCUT2D eigenvalue weighted by Crippen LogP contribution is -2.08. The molecular formula is C100H168O8. The highest BCUT2D eigenvalue weighted by molar-refractivity contribution is 5.69. The monoisotopic (exact) mass is 1500 g/mol. The van der Waals surface area contributed by atoms with E-state index in [0.717, 1.165) is 139 Å². The highest BCUT2D eigenvalue weighted by Crippen LogP contribution is 2.43. The Morgan fingerprint density at radius 2 is 0.417 bits per heavy atom. The first kappa shape index (κ1) is 95.4.